The van der Waals surface area contributed by atoms with Gasteiger partial charge in [-0.1, -0.05) is 6.07 Å². The lowest BCUT2D eigenvalue weighted by Crippen LogP contribution is -2.60. The van der Waals surface area contributed by atoms with Gasteiger partial charge in [-0.05, 0) is 50.6 Å². The molecule has 18 heavy (non-hydrogen) atoms. The number of anilines is 1. The summed E-state index contributed by atoms with van der Waals surface area (Å²) < 4.78 is 5.48. The minimum atomic E-state index is 0.569. The molecule has 3 rings (SSSR count). The van der Waals surface area contributed by atoms with Crippen LogP contribution in [0.3, 0.4) is 0 Å². The van der Waals surface area contributed by atoms with Crippen molar-refractivity contribution >= 4 is 5.69 Å². The third-order valence-electron chi connectivity index (χ3n) is 4.39. The van der Waals surface area contributed by atoms with Crippen molar-refractivity contribution in [3.05, 3.63) is 23.8 Å². The molecule has 1 aromatic carbocycles. The van der Waals surface area contributed by atoms with E-state index in [-0.39, 0.29) is 0 Å². The number of nitrogens with zero attached hydrogens (tertiary/aromatic N) is 1. The Hall–Kier alpha value is -1.22. The lowest BCUT2D eigenvalue weighted by Gasteiger charge is -2.53. The Bertz CT molecular complexity index is 430. The van der Waals surface area contributed by atoms with E-state index in [9.17, 15) is 0 Å². The molecule has 2 saturated heterocycles. The summed E-state index contributed by atoms with van der Waals surface area (Å²) >= 11 is 0. The zero-order chi connectivity index (χ0) is 12.6. The van der Waals surface area contributed by atoms with Crippen molar-refractivity contribution in [2.24, 2.45) is 5.41 Å². The minimum Gasteiger partial charge on any atom is -0.495 e. The van der Waals surface area contributed by atoms with E-state index >= 15 is 0 Å². The lowest BCUT2D eigenvalue weighted by atomic mass is 9.72. The molecule has 0 bridgehead atoms. The number of nitrogens with one attached hydrogen (secondary N) is 1. The van der Waals surface area contributed by atoms with Gasteiger partial charge in [0.05, 0.1) is 12.8 Å². The van der Waals surface area contributed by atoms with Gasteiger partial charge in [-0.25, -0.2) is 0 Å². The molecule has 1 aromatic rings. The maximum Gasteiger partial charge on any atom is 0.142 e. The van der Waals surface area contributed by atoms with Crippen molar-refractivity contribution in [2.75, 3.05) is 38.2 Å². The molecule has 98 valence electrons. The Morgan fingerprint density at radius 2 is 1.94 bits per heavy atom. The highest BCUT2D eigenvalue weighted by Crippen LogP contribution is 2.43. The molecule has 0 amide bonds. The van der Waals surface area contributed by atoms with Crippen LogP contribution in [0.25, 0.3) is 0 Å². The van der Waals surface area contributed by atoms with Gasteiger partial charge in [0.1, 0.15) is 5.75 Å². The number of aryl methyl sites for hydroxylation is 1. The summed E-state index contributed by atoms with van der Waals surface area (Å²) in [4.78, 5) is 2.47. The fourth-order valence-electron chi connectivity index (χ4n) is 3.25. The van der Waals surface area contributed by atoms with Crippen LogP contribution in [0, 0.1) is 12.3 Å². The molecule has 2 fully saturated rings. The lowest BCUT2D eigenvalue weighted by molar-refractivity contribution is 0.149. The smallest absolute Gasteiger partial charge is 0.142 e. The normalized spacial score (nSPS) is 21.8. The standard InChI is InChI=1S/C15H22N2O/c1-12-3-4-14(18-2)13(9-12)17-10-15(11-17)5-7-16-8-6-15/h3-4,9,16H,5-8,10-11H2,1-2H3. The van der Waals surface area contributed by atoms with Crippen LogP contribution in [0.15, 0.2) is 18.2 Å². The van der Waals surface area contributed by atoms with Gasteiger partial charge in [0, 0.05) is 18.5 Å². The predicted octanol–water partition coefficient (Wildman–Crippen LogP) is 2.19. The molecule has 0 aliphatic carbocycles. The molecule has 2 aliphatic rings. The van der Waals surface area contributed by atoms with Crippen molar-refractivity contribution in [1.82, 2.24) is 5.32 Å². The highest BCUT2D eigenvalue weighted by molar-refractivity contribution is 5.62. The van der Waals surface area contributed by atoms with E-state index in [0.717, 1.165) is 5.75 Å². The number of hydrogen-bond acceptors (Lipinski definition) is 3. The second-order valence-corrected chi connectivity index (χ2v) is 5.78. The Kier molecular flexibility index (Phi) is 2.94. The highest BCUT2D eigenvalue weighted by atomic mass is 16.5. The Labute approximate surface area is 109 Å². The summed E-state index contributed by atoms with van der Waals surface area (Å²) in [5.41, 5.74) is 3.14. The van der Waals surface area contributed by atoms with Gasteiger partial charge in [0.2, 0.25) is 0 Å². The first kappa shape index (κ1) is 11.8. The second-order valence-electron chi connectivity index (χ2n) is 5.78. The number of ether oxygens (including phenoxy) is 1. The summed E-state index contributed by atoms with van der Waals surface area (Å²) in [6.07, 6.45) is 2.63. The molecule has 0 radical (unpaired) electrons. The average Bonchev–Trinajstić information content (AvgIpc) is 2.37. The summed E-state index contributed by atoms with van der Waals surface area (Å²) in [5, 5.41) is 3.45. The van der Waals surface area contributed by atoms with Crippen LogP contribution in [0.5, 0.6) is 5.75 Å². The first-order valence-electron chi connectivity index (χ1n) is 6.83. The number of rotatable bonds is 2. The van der Waals surface area contributed by atoms with Crippen molar-refractivity contribution in [2.45, 2.75) is 19.8 Å². The van der Waals surface area contributed by atoms with Gasteiger partial charge in [0.15, 0.2) is 0 Å². The summed E-state index contributed by atoms with van der Waals surface area (Å²) in [6, 6.07) is 6.44. The van der Waals surface area contributed by atoms with Crippen molar-refractivity contribution in [3.8, 4) is 5.75 Å². The van der Waals surface area contributed by atoms with E-state index < -0.39 is 0 Å². The van der Waals surface area contributed by atoms with E-state index in [2.05, 4.69) is 35.3 Å². The first-order valence-corrected chi connectivity index (χ1v) is 6.83. The largest absolute Gasteiger partial charge is 0.495 e. The third-order valence-corrected chi connectivity index (χ3v) is 4.39. The molecule has 2 aliphatic heterocycles. The van der Waals surface area contributed by atoms with Crippen LogP contribution >= 0.6 is 0 Å². The van der Waals surface area contributed by atoms with Crippen molar-refractivity contribution in [3.63, 3.8) is 0 Å². The Morgan fingerprint density at radius 1 is 1.22 bits per heavy atom. The fraction of sp³-hybridized carbons (Fsp3) is 0.600. The zero-order valence-corrected chi connectivity index (χ0v) is 11.3. The number of piperidine rings is 1. The molecular weight excluding hydrogens is 224 g/mol. The van der Waals surface area contributed by atoms with E-state index in [1.54, 1.807) is 7.11 Å². The van der Waals surface area contributed by atoms with Gasteiger partial charge in [-0.2, -0.15) is 0 Å². The molecular formula is C15H22N2O. The molecule has 1 N–H and O–H groups in total. The molecule has 0 aromatic heterocycles. The van der Waals surface area contributed by atoms with Gasteiger partial charge in [0.25, 0.3) is 0 Å². The summed E-state index contributed by atoms with van der Waals surface area (Å²) in [5.74, 6) is 1.00. The van der Waals surface area contributed by atoms with Crippen LogP contribution in [0.1, 0.15) is 18.4 Å². The van der Waals surface area contributed by atoms with Crippen LogP contribution in [-0.4, -0.2) is 33.3 Å². The molecule has 0 atom stereocenters. The molecule has 1 spiro atoms. The van der Waals surface area contributed by atoms with Crippen LogP contribution in [0.2, 0.25) is 0 Å². The fourth-order valence-corrected chi connectivity index (χ4v) is 3.25. The summed E-state index contributed by atoms with van der Waals surface area (Å²) in [7, 11) is 1.76. The molecule has 3 heteroatoms. The number of hydrogen-bond donors (Lipinski definition) is 1. The van der Waals surface area contributed by atoms with E-state index in [4.69, 9.17) is 4.74 Å². The summed E-state index contributed by atoms with van der Waals surface area (Å²) in [6.45, 7) is 6.88. The topological polar surface area (TPSA) is 24.5 Å². The quantitative estimate of drug-likeness (QED) is 0.865. The Balaban J connectivity index is 1.75. The minimum absolute atomic E-state index is 0.569. The molecule has 0 saturated carbocycles. The monoisotopic (exact) mass is 246 g/mol. The van der Waals surface area contributed by atoms with Crippen LogP contribution in [0.4, 0.5) is 5.69 Å². The number of methoxy groups -OCH3 is 1. The molecule has 2 heterocycles. The van der Waals surface area contributed by atoms with Gasteiger partial charge >= 0.3 is 0 Å². The van der Waals surface area contributed by atoms with Crippen LogP contribution < -0.4 is 15.0 Å². The van der Waals surface area contributed by atoms with Gasteiger partial charge in [-0.15, -0.1) is 0 Å². The average molecular weight is 246 g/mol. The SMILES string of the molecule is COc1ccc(C)cc1N1CC2(CCNCC2)C1. The molecule has 3 nitrogen and oxygen atoms in total. The second kappa shape index (κ2) is 4.47. The third kappa shape index (κ3) is 1.97. The van der Waals surface area contributed by atoms with Crippen molar-refractivity contribution < 1.29 is 4.74 Å². The Morgan fingerprint density at radius 3 is 2.61 bits per heavy atom. The highest BCUT2D eigenvalue weighted by Gasteiger charge is 2.44. The first-order chi connectivity index (χ1) is 8.72. The van der Waals surface area contributed by atoms with E-state index in [1.165, 1.54) is 50.3 Å². The van der Waals surface area contributed by atoms with Gasteiger partial charge in [-0.3, -0.25) is 0 Å². The van der Waals surface area contributed by atoms with Crippen LogP contribution in [-0.2, 0) is 0 Å². The predicted molar refractivity (Wildman–Crippen MR) is 74.5 cm³/mol. The van der Waals surface area contributed by atoms with Crippen molar-refractivity contribution in [1.29, 1.82) is 0 Å². The number of benzene rings is 1. The molecule has 0 unspecified atom stereocenters. The maximum atomic E-state index is 5.48. The van der Waals surface area contributed by atoms with E-state index in [1.807, 2.05) is 0 Å². The maximum absolute atomic E-state index is 5.48. The van der Waals surface area contributed by atoms with E-state index in [0.29, 0.717) is 5.41 Å². The van der Waals surface area contributed by atoms with Gasteiger partial charge < -0.3 is 15.0 Å². The zero-order valence-electron chi connectivity index (χ0n) is 11.3.